The smallest absolute Gasteiger partial charge is 0.0697 e. The van der Waals surface area contributed by atoms with Gasteiger partial charge in [0, 0.05) is 11.8 Å². The fourth-order valence-electron chi connectivity index (χ4n) is 9.25. The molecule has 164 valence electrons. The number of aliphatic hydroxyl groups is 1. The highest BCUT2D eigenvalue weighted by Gasteiger charge is 2.61. The number of fused-ring (bicyclic) bond motifs is 5. The summed E-state index contributed by atoms with van der Waals surface area (Å²) in [6.07, 6.45) is 14.0. The highest BCUT2D eigenvalue weighted by Crippen LogP contribution is 2.68. The van der Waals surface area contributed by atoms with Crippen LogP contribution in [0.2, 0.25) is 0 Å². The van der Waals surface area contributed by atoms with Crippen molar-refractivity contribution in [3.63, 3.8) is 0 Å². The third kappa shape index (κ3) is 2.94. The minimum Gasteiger partial charge on any atom is -0.393 e. The lowest BCUT2D eigenvalue weighted by Crippen LogP contribution is -2.57. The van der Waals surface area contributed by atoms with Crippen LogP contribution in [0.5, 0.6) is 0 Å². The SMILES string of the molecule is CC(C)C1CC[C@@H](C)[C@H]2CC[C@H]3[C@@H]4CC=C5C[C@H](O)CC(O1)[C@]5(C)[C@H]4CC[C@]23C. The highest BCUT2D eigenvalue weighted by atomic mass is 16.5. The zero-order valence-electron chi connectivity index (χ0n) is 19.5. The molecule has 2 nitrogen and oxygen atoms in total. The van der Waals surface area contributed by atoms with Crippen LogP contribution in [0.3, 0.4) is 0 Å². The third-order valence-electron chi connectivity index (χ3n) is 10.9. The quantitative estimate of drug-likeness (QED) is 0.518. The molecule has 5 fully saturated rings. The summed E-state index contributed by atoms with van der Waals surface area (Å²) in [7, 11) is 0. The molecule has 0 aromatic rings. The van der Waals surface area contributed by atoms with Crippen LogP contribution in [0.25, 0.3) is 0 Å². The normalized spacial score (nSPS) is 54.7. The second-order valence-corrected chi connectivity index (χ2v) is 12.4. The van der Waals surface area contributed by atoms with Crippen molar-refractivity contribution in [2.45, 2.75) is 111 Å². The van der Waals surface area contributed by atoms with Gasteiger partial charge in [-0.25, -0.2) is 0 Å². The molecule has 0 aromatic carbocycles. The number of hydrogen-bond donors (Lipinski definition) is 1. The van der Waals surface area contributed by atoms with Gasteiger partial charge in [-0.05, 0) is 92.3 Å². The molecule has 0 aromatic heterocycles. The van der Waals surface area contributed by atoms with Crippen LogP contribution in [-0.4, -0.2) is 23.4 Å². The third-order valence-corrected chi connectivity index (χ3v) is 10.9. The Morgan fingerprint density at radius 1 is 1.03 bits per heavy atom. The Balaban J connectivity index is 1.61. The molecule has 6 aliphatic rings. The minimum absolute atomic E-state index is 0.138. The molecular formula is C27H44O2. The zero-order valence-corrected chi connectivity index (χ0v) is 19.5. The zero-order chi connectivity index (χ0) is 20.6. The number of allylic oxidation sites excluding steroid dienone is 1. The van der Waals surface area contributed by atoms with Crippen molar-refractivity contribution in [2.75, 3.05) is 0 Å². The van der Waals surface area contributed by atoms with Crippen LogP contribution >= 0.6 is 0 Å². The van der Waals surface area contributed by atoms with Gasteiger partial charge in [-0.3, -0.25) is 0 Å². The highest BCUT2D eigenvalue weighted by molar-refractivity contribution is 5.28. The first kappa shape index (κ1) is 20.6. The minimum atomic E-state index is -0.222. The second kappa shape index (κ2) is 7.09. The molecule has 6 rings (SSSR count). The van der Waals surface area contributed by atoms with E-state index in [1.54, 1.807) is 0 Å². The van der Waals surface area contributed by atoms with Gasteiger partial charge in [0.2, 0.25) is 0 Å². The van der Waals surface area contributed by atoms with Crippen molar-refractivity contribution in [1.29, 1.82) is 0 Å². The predicted molar refractivity (Wildman–Crippen MR) is 118 cm³/mol. The van der Waals surface area contributed by atoms with E-state index in [0.717, 1.165) is 42.4 Å². The van der Waals surface area contributed by atoms with Gasteiger partial charge in [-0.15, -0.1) is 0 Å². The van der Waals surface area contributed by atoms with Crippen LogP contribution < -0.4 is 0 Å². The fourth-order valence-corrected chi connectivity index (χ4v) is 9.25. The van der Waals surface area contributed by atoms with Gasteiger partial charge < -0.3 is 9.84 Å². The van der Waals surface area contributed by atoms with Crippen molar-refractivity contribution in [1.82, 2.24) is 0 Å². The summed E-state index contributed by atoms with van der Waals surface area (Å²) in [5, 5.41) is 10.7. The Bertz CT molecular complexity index is 667. The van der Waals surface area contributed by atoms with Gasteiger partial charge >= 0.3 is 0 Å². The summed E-state index contributed by atoms with van der Waals surface area (Å²) in [4.78, 5) is 0. The number of rotatable bonds is 1. The standard InChI is InChI=1S/C27H44O2/c1-16(2)24-11-6-17(3)21-9-10-22-20-8-7-18-14-19(28)15-25(29-24)27(18,5)23(20)12-13-26(21,22)4/h7,16-17,19-25,28H,6,8-15H2,1-5H3/t17-,19+,20+,21-,22+,23+,24?,25?,26-,27+/m1/s1. The first-order valence-electron chi connectivity index (χ1n) is 12.8. The Labute approximate surface area is 178 Å². The first-order chi connectivity index (χ1) is 13.7. The van der Waals surface area contributed by atoms with Crippen LogP contribution in [0.15, 0.2) is 11.6 Å². The molecule has 1 N–H and O–H groups in total. The summed E-state index contributed by atoms with van der Waals surface area (Å²) in [6, 6.07) is 0. The van der Waals surface area contributed by atoms with E-state index in [-0.39, 0.29) is 17.6 Å². The van der Waals surface area contributed by atoms with Crippen molar-refractivity contribution in [3.8, 4) is 0 Å². The van der Waals surface area contributed by atoms with Crippen LogP contribution in [-0.2, 0) is 4.74 Å². The molecule has 2 saturated heterocycles. The van der Waals surface area contributed by atoms with Crippen LogP contribution in [0, 0.1) is 46.3 Å². The Hall–Kier alpha value is -0.340. The largest absolute Gasteiger partial charge is 0.393 e. The summed E-state index contributed by atoms with van der Waals surface area (Å²) < 4.78 is 7.03. The van der Waals surface area contributed by atoms with Crippen molar-refractivity contribution in [3.05, 3.63) is 11.6 Å². The molecule has 3 saturated carbocycles. The lowest BCUT2D eigenvalue weighted by Gasteiger charge is -2.61. The number of ether oxygens (including phenoxy) is 1. The Morgan fingerprint density at radius 3 is 2.55 bits per heavy atom. The van der Waals surface area contributed by atoms with Crippen molar-refractivity contribution < 1.29 is 9.84 Å². The monoisotopic (exact) mass is 400 g/mol. The van der Waals surface area contributed by atoms with E-state index >= 15 is 0 Å². The average Bonchev–Trinajstić information content (AvgIpc) is 3.02. The molecule has 2 aliphatic heterocycles. The van der Waals surface area contributed by atoms with E-state index in [4.69, 9.17) is 4.74 Å². The molecule has 2 unspecified atom stereocenters. The number of aliphatic hydroxyl groups excluding tert-OH is 1. The van der Waals surface area contributed by atoms with Gasteiger partial charge in [0.15, 0.2) is 0 Å². The second-order valence-electron chi connectivity index (χ2n) is 12.4. The summed E-state index contributed by atoms with van der Waals surface area (Å²) in [6.45, 7) is 12.4. The van der Waals surface area contributed by atoms with E-state index in [0.29, 0.717) is 17.4 Å². The van der Waals surface area contributed by atoms with E-state index in [1.165, 1.54) is 50.5 Å². The van der Waals surface area contributed by atoms with E-state index in [1.807, 2.05) is 0 Å². The van der Waals surface area contributed by atoms with Crippen molar-refractivity contribution >= 4 is 0 Å². The first-order valence-corrected chi connectivity index (χ1v) is 12.8. The lowest BCUT2D eigenvalue weighted by molar-refractivity contribution is -0.164. The predicted octanol–water partition coefficient (Wildman–Crippen LogP) is 6.38. The van der Waals surface area contributed by atoms with Gasteiger partial charge in [-0.2, -0.15) is 0 Å². The van der Waals surface area contributed by atoms with E-state index < -0.39 is 0 Å². The molecule has 2 heterocycles. The molecule has 10 atom stereocenters. The molecule has 0 radical (unpaired) electrons. The maximum Gasteiger partial charge on any atom is 0.0697 e. The van der Waals surface area contributed by atoms with Gasteiger partial charge in [0.25, 0.3) is 0 Å². The molecule has 0 amide bonds. The molecule has 0 spiro atoms. The fraction of sp³-hybridized carbons (Fsp3) is 0.926. The van der Waals surface area contributed by atoms with E-state index in [9.17, 15) is 5.11 Å². The topological polar surface area (TPSA) is 29.5 Å². The molecule has 6 bridgehead atoms. The molecule has 29 heavy (non-hydrogen) atoms. The van der Waals surface area contributed by atoms with Crippen LogP contribution in [0.1, 0.15) is 92.4 Å². The Kier molecular flexibility index (Phi) is 5.03. The maximum absolute atomic E-state index is 10.7. The number of hydrogen-bond acceptors (Lipinski definition) is 2. The summed E-state index contributed by atoms with van der Waals surface area (Å²) in [5.74, 6) is 4.74. The summed E-state index contributed by atoms with van der Waals surface area (Å²) in [5.41, 5.74) is 2.23. The Morgan fingerprint density at radius 2 is 1.79 bits per heavy atom. The molecule has 2 heteroatoms. The molecular weight excluding hydrogens is 356 g/mol. The lowest BCUT2D eigenvalue weighted by atomic mass is 9.46. The average molecular weight is 401 g/mol. The van der Waals surface area contributed by atoms with Crippen LogP contribution in [0.4, 0.5) is 0 Å². The van der Waals surface area contributed by atoms with Gasteiger partial charge in [0.1, 0.15) is 0 Å². The summed E-state index contributed by atoms with van der Waals surface area (Å²) >= 11 is 0. The molecule has 4 aliphatic carbocycles. The van der Waals surface area contributed by atoms with Gasteiger partial charge in [-0.1, -0.05) is 46.3 Å². The maximum atomic E-state index is 10.7. The van der Waals surface area contributed by atoms with Gasteiger partial charge in [0.05, 0.1) is 18.3 Å². The van der Waals surface area contributed by atoms with E-state index in [2.05, 4.69) is 40.7 Å². The van der Waals surface area contributed by atoms with Crippen molar-refractivity contribution in [2.24, 2.45) is 46.3 Å².